The summed E-state index contributed by atoms with van der Waals surface area (Å²) in [5.74, 6) is 0. The van der Waals surface area contributed by atoms with Gasteiger partial charge in [-0.3, -0.25) is 5.43 Å². The predicted molar refractivity (Wildman–Crippen MR) is 87.4 cm³/mol. The van der Waals surface area contributed by atoms with E-state index in [-0.39, 0.29) is 0 Å². The van der Waals surface area contributed by atoms with Crippen molar-refractivity contribution in [3.8, 4) is 0 Å². The lowest BCUT2D eigenvalue weighted by Gasteiger charge is -2.34. The molecule has 0 aromatic heterocycles. The Morgan fingerprint density at radius 3 is 1.95 bits per heavy atom. The van der Waals surface area contributed by atoms with E-state index in [1.54, 1.807) is 0 Å². The Bertz CT molecular complexity index is 173. The van der Waals surface area contributed by atoms with Crippen LogP contribution in [0.3, 0.4) is 0 Å². The van der Waals surface area contributed by atoms with Crippen molar-refractivity contribution in [3.05, 3.63) is 0 Å². The van der Waals surface area contributed by atoms with Gasteiger partial charge in [0.25, 0.3) is 0 Å². The molecular formula is C16H36N4. The molecule has 0 unspecified atom stereocenters. The summed E-state index contributed by atoms with van der Waals surface area (Å²) >= 11 is 0. The average molecular weight is 284 g/mol. The number of nitrogens with two attached hydrogens (primary N) is 2. The topological polar surface area (TPSA) is 67.3 Å². The van der Waals surface area contributed by atoms with Crippen molar-refractivity contribution >= 4 is 0 Å². The van der Waals surface area contributed by atoms with Crippen LogP contribution >= 0.6 is 0 Å². The molecule has 1 aliphatic carbocycles. The lowest BCUT2D eigenvalue weighted by Crippen LogP contribution is -2.47. The first kappa shape index (κ1) is 17.9. The Balaban J connectivity index is 0.000000444. The quantitative estimate of drug-likeness (QED) is 0.728. The van der Waals surface area contributed by atoms with Crippen molar-refractivity contribution in [2.24, 2.45) is 11.5 Å². The Morgan fingerprint density at radius 2 is 1.30 bits per heavy atom. The molecule has 5 N–H and O–H groups in total. The molecule has 0 atom stereocenters. The molecule has 1 saturated heterocycles. The van der Waals surface area contributed by atoms with Gasteiger partial charge in [0.1, 0.15) is 0 Å². The first-order chi connectivity index (χ1) is 9.88. The van der Waals surface area contributed by atoms with Gasteiger partial charge in [-0.05, 0) is 25.7 Å². The molecule has 1 aliphatic heterocycles. The third kappa shape index (κ3) is 8.20. The molecule has 0 radical (unpaired) electrons. The second kappa shape index (κ2) is 12.6. The molecule has 0 amide bonds. The van der Waals surface area contributed by atoms with Crippen LogP contribution in [0.5, 0.6) is 0 Å². The lowest BCUT2D eigenvalue weighted by atomic mass is 9.96. The molecule has 0 bridgehead atoms. The van der Waals surface area contributed by atoms with Gasteiger partial charge in [-0.2, -0.15) is 0 Å². The molecule has 2 rings (SSSR count). The Labute approximate surface area is 125 Å². The number of hydrogen-bond donors (Lipinski definition) is 3. The maximum atomic E-state index is 4.90. The largest absolute Gasteiger partial charge is 0.329 e. The molecule has 1 saturated carbocycles. The fourth-order valence-corrected chi connectivity index (χ4v) is 3.12. The third-order valence-corrected chi connectivity index (χ3v) is 4.32. The molecule has 20 heavy (non-hydrogen) atoms. The highest BCUT2D eigenvalue weighted by molar-refractivity contribution is 4.72. The number of hydrazine groups is 1. The molecule has 2 aliphatic rings. The zero-order valence-corrected chi connectivity index (χ0v) is 13.3. The summed E-state index contributed by atoms with van der Waals surface area (Å²) in [7, 11) is 0. The smallest absolute Gasteiger partial charge is 0.0243 e. The highest BCUT2D eigenvalue weighted by Crippen LogP contribution is 2.21. The number of nitrogens with zero attached hydrogens (tertiary/aromatic N) is 1. The van der Waals surface area contributed by atoms with Crippen molar-refractivity contribution in [2.45, 2.75) is 76.7 Å². The molecule has 120 valence electrons. The van der Waals surface area contributed by atoms with Gasteiger partial charge in [0.2, 0.25) is 0 Å². The van der Waals surface area contributed by atoms with Gasteiger partial charge in [-0.25, -0.2) is 5.01 Å². The predicted octanol–water partition coefficient (Wildman–Crippen LogP) is 2.38. The summed E-state index contributed by atoms with van der Waals surface area (Å²) in [5.41, 5.74) is 13.5. The standard InChI is InChI=1S/C14H28N2.C2H8N2/c1-2-6-10-14(11-7-3-1)16-13-9-5-4-8-12-15-16;3-1-2-4/h14-15H,1-13H2;1-4H2. The van der Waals surface area contributed by atoms with E-state index in [0.717, 1.165) is 6.04 Å². The summed E-state index contributed by atoms with van der Waals surface area (Å²) < 4.78 is 0. The molecule has 4 nitrogen and oxygen atoms in total. The van der Waals surface area contributed by atoms with Gasteiger partial charge in [-0.15, -0.1) is 0 Å². The van der Waals surface area contributed by atoms with Crippen LogP contribution in [0.2, 0.25) is 0 Å². The SMILES string of the molecule is C1CCCC(N2CCCCCCN2)CCC1.NCCN. The fourth-order valence-electron chi connectivity index (χ4n) is 3.12. The normalized spacial score (nSPS) is 23.7. The minimum Gasteiger partial charge on any atom is -0.329 e. The second-order valence-electron chi connectivity index (χ2n) is 6.09. The van der Waals surface area contributed by atoms with Gasteiger partial charge in [0, 0.05) is 32.2 Å². The summed E-state index contributed by atoms with van der Waals surface area (Å²) in [5, 5.41) is 2.59. The number of hydrogen-bond acceptors (Lipinski definition) is 4. The van der Waals surface area contributed by atoms with E-state index in [9.17, 15) is 0 Å². The number of nitrogens with one attached hydrogen (secondary N) is 1. The highest BCUT2D eigenvalue weighted by atomic mass is 15.5. The summed E-state index contributed by atoms with van der Waals surface area (Å²) in [6.45, 7) is 3.68. The van der Waals surface area contributed by atoms with Crippen LogP contribution in [0.15, 0.2) is 0 Å². The summed E-state index contributed by atoms with van der Waals surface area (Å²) in [4.78, 5) is 0. The van der Waals surface area contributed by atoms with Crippen molar-refractivity contribution < 1.29 is 0 Å². The average Bonchev–Trinajstić information content (AvgIpc) is 2.40. The maximum Gasteiger partial charge on any atom is 0.0243 e. The van der Waals surface area contributed by atoms with Crippen molar-refractivity contribution in [1.82, 2.24) is 10.4 Å². The maximum absolute atomic E-state index is 4.90. The van der Waals surface area contributed by atoms with Crippen LogP contribution < -0.4 is 16.9 Å². The summed E-state index contributed by atoms with van der Waals surface area (Å²) in [6.07, 6.45) is 15.8. The first-order valence-corrected chi connectivity index (χ1v) is 8.78. The van der Waals surface area contributed by atoms with Crippen LogP contribution in [0.1, 0.15) is 70.6 Å². The minimum atomic E-state index is 0.597. The van der Waals surface area contributed by atoms with E-state index in [4.69, 9.17) is 11.5 Å². The Morgan fingerprint density at radius 1 is 0.750 bits per heavy atom. The van der Waals surface area contributed by atoms with Crippen LogP contribution in [-0.4, -0.2) is 37.2 Å². The Kier molecular flexibility index (Phi) is 11.2. The fraction of sp³-hybridized carbons (Fsp3) is 1.00. The van der Waals surface area contributed by atoms with E-state index >= 15 is 0 Å². The molecule has 2 fully saturated rings. The van der Waals surface area contributed by atoms with Crippen LogP contribution in [0.25, 0.3) is 0 Å². The van der Waals surface area contributed by atoms with Crippen LogP contribution in [0.4, 0.5) is 0 Å². The van der Waals surface area contributed by atoms with Crippen molar-refractivity contribution in [3.63, 3.8) is 0 Å². The molecule has 0 spiro atoms. The van der Waals surface area contributed by atoms with Gasteiger partial charge in [-0.1, -0.05) is 44.9 Å². The van der Waals surface area contributed by atoms with E-state index < -0.39 is 0 Å². The second-order valence-corrected chi connectivity index (χ2v) is 6.09. The zero-order chi connectivity index (χ0) is 14.5. The van der Waals surface area contributed by atoms with Gasteiger partial charge < -0.3 is 11.5 Å². The molecule has 0 aromatic rings. The van der Waals surface area contributed by atoms with E-state index in [1.165, 1.54) is 83.7 Å². The first-order valence-electron chi connectivity index (χ1n) is 8.78. The molecule has 0 aromatic carbocycles. The van der Waals surface area contributed by atoms with Crippen molar-refractivity contribution in [1.29, 1.82) is 0 Å². The molecule has 4 heteroatoms. The minimum absolute atomic E-state index is 0.597. The van der Waals surface area contributed by atoms with Gasteiger partial charge in [0.05, 0.1) is 0 Å². The third-order valence-electron chi connectivity index (χ3n) is 4.32. The van der Waals surface area contributed by atoms with Crippen LogP contribution in [0, 0.1) is 0 Å². The zero-order valence-electron chi connectivity index (χ0n) is 13.3. The van der Waals surface area contributed by atoms with E-state index in [2.05, 4.69) is 10.4 Å². The van der Waals surface area contributed by atoms with Gasteiger partial charge in [0.15, 0.2) is 0 Å². The Hall–Kier alpha value is -0.160. The van der Waals surface area contributed by atoms with E-state index in [0.29, 0.717) is 13.1 Å². The molecular weight excluding hydrogens is 248 g/mol. The summed E-state index contributed by atoms with van der Waals surface area (Å²) in [6, 6.07) is 0.832. The van der Waals surface area contributed by atoms with Crippen molar-refractivity contribution in [2.75, 3.05) is 26.2 Å². The highest BCUT2D eigenvalue weighted by Gasteiger charge is 2.19. The van der Waals surface area contributed by atoms with E-state index in [1.807, 2.05) is 0 Å². The monoisotopic (exact) mass is 284 g/mol. The van der Waals surface area contributed by atoms with Crippen LogP contribution in [-0.2, 0) is 0 Å². The number of rotatable bonds is 2. The molecule has 1 heterocycles. The lowest BCUT2D eigenvalue weighted by molar-refractivity contribution is 0.0927. The van der Waals surface area contributed by atoms with Gasteiger partial charge >= 0.3 is 0 Å².